The van der Waals surface area contributed by atoms with Crippen LogP contribution in [0.25, 0.3) is 33.6 Å². The summed E-state index contributed by atoms with van der Waals surface area (Å²) in [6.45, 7) is 1.91. The number of aliphatic hydroxyl groups is 1. The molecule has 1 aliphatic rings. The molecular formula is C27H29N5O2. The van der Waals surface area contributed by atoms with E-state index in [9.17, 15) is 5.11 Å². The second-order valence-corrected chi connectivity index (χ2v) is 8.47. The summed E-state index contributed by atoms with van der Waals surface area (Å²) in [6, 6.07) is 16.2. The molecule has 0 saturated carbocycles. The van der Waals surface area contributed by atoms with Gasteiger partial charge in [-0.2, -0.15) is 5.10 Å². The number of hydrogen-bond donors (Lipinski definition) is 2. The molecule has 4 heterocycles. The molecule has 4 aromatic rings. The van der Waals surface area contributed by atoms with E-state index < -0.39 is 0 Å². The minimum absolute atomic E-state index is 0.114. The molecule has 1 aliphatic heterocycles. The minimum Gasteiger partial charge on any atom is -0.390 e. The Morgan fingerprint density at radius 1 is 1.03 bits per heavy atom. The van der Waals surface area contributed by atoms with Crippen molar-refractivity contribution in [1.29, 1.82) is 0 Å². The Kier molecular flexibility index (Phi) is 6.76. The average molecular weight is 456 g/mol. The fraction of sp³-hybridized carbons (Fsp3) is 0.296. The van der Waals surface area contributed by atoms with Crippen LogP contribution in [0.15, 0.2) is 60.8 Å². The van der Waals surface area contributed by atoms with Gasteiger partial charge in [0, 0.05) is 16.6 Å². The number of rotatable bonds is 8. The largest absolute Gasteiger partial charge is 0.390 e. The lowest BCUT2D eigenvalue weighted by Gasteiger charge is -2.16. The second-order valence-electron chi connectivity index (χ2n) is 8.47. The predicted octanol–water partition coefficient (Wildman–Crippen LogP) is 4.06. The van der Waals surface area contributed by atoms with Gasteiger partial charge in [-0.25, -0.2) is 9.67 Å². The van der Waals surface area contributed by atoms with Gasteiger partial charge in [-0.3, -0.25) is 4.98 Å². The Morgan fingerprint density at radius 2 is 1.91 bits per heavy atom. The average Bonchev–Trinajstić information content (AvgIpc) is 3.33. The number of ether oxygens (including phenoxy) is 1. The van der Waals surface area contributed by atoms with Crippen molar-refractivity contribution in [3.8, 4) is 17.1 Å². The molecule has 0 amide bonds. The van der Waals surface area contributed by atoms with Crippen LogP contribution < -0.4 is 5.73 Å². The molecule has 0 bridgehead atoms. The van der Waals surface area contributed by atoms with Crippen LogP contribution >= 0.6 is 0 Å². The topological polar surface area (TPSA) is 99.1 Å². The van der Waals surface area contributed by atoms with Crippen LogP contribution in [0.3, 0.4) is 0 Å². The van der Waals surface area contributed by atoms with Gasteiger partial charge < -0.3 is 15.6 Å². The van der Waals surface area contributed by atoms with E-state index in [0.717, 1.165) is 59.1 Å². The lowest BCUT2D eigenvalue weighted by atomic mass is 9.95. The summed E-state index contributed by atoms with van der Waals surface area (Å²) in [7, 11) is 0. The van der Waals surface area contributed by atoms with Crippen LogP contribution in [-0.4, -0.2) is 44.6 Å². The number of aryl methyl sites for hydroxylation is 1. The van der Waals surface area contributed by atoms with Crippen LogP contribution in [0.2, 0.25) is 0 Å². The van der Waals surface area contributed by atoms with Crippen molar-refractivity contribution in [2.45, 2.75) is 32.3 Å². The maximum Gasteiger partial charge on any atom is 0.154 e. The van der Waals surface area contributed by atoms with Gasteiger partial charge in [0.25, 0.3) is 0 Å². The fourth-order valence-electron chi connectivity index (χ4n) is 4.40. The number of pyridine rings is 2. The van der Waals surface area contributed by atoms with Crippen LogP contribution in [0.5, 0.6) is 0 Å². The van der Waals surface area contributed by atoms with Crippen molar-refractivity contribution in [2.75, 3.05) is 19.8 Å². The Balaban J connectivity index is 1.65. The maximum absolute atomic E-state index is 9.56. The highest BCUT2D eigenvalue weighted by Crippen LogP contribution is 2.34. The summed E-state index contributed by atoms with van der Waals surface area (Å²) in [5.74, 6) is 0.675. The van der Waals surface area contributed by atoms with E-state index in [4.69, 9.17) is 15.5 Å². The van der Waals surface area contributed by atoms with Crippen molar-refractivity contribution < 1.29 is 9.84 Å². The summed E-state index contributed by atoms with van der Waals surface area (Å²) in [6.07, 6.45) is 7.85. The first kappa shape index (κ1) is 22.4. The molecule has 0 fully saturated rings. The normalized spacial score (nSPS) is 13.9. The number of unbranched alkanes of at least 4 members (excludes halogenated alkanes) is 1. The molecule has 0 aliphatic carbocycles. The zero-order valence-corrected chi connectivity index (χ0v) is 19.2. The van der Waals surface area contributed by atoms with E-state index in [1.807, 2.05) is 23.0 Å². The van der Waals surface area contributed by atoms with Crippen molar-refractivity contribution in [2.24, 2.45) is 5.73 Å². The van der Waals surface area contributed by atoms with E-state index in [1.54, 1.807) is 6.07 Å². The smallest absolute Gasteiger partial charge is 0.154 e. The van der Waals surface area contributed by atoms with Gasteiger partial charge >= 0.3 is 0 Å². The number of benzene rings is 1. The van der Waals surface area contributed by atoms with Crippen LogP contribution in [-0.2, 0) is 17.8 Å². The summed E-state index contributed by atoms with van der Waals surface area (Å²) >= 11 is 0. The van der Waals surface area contributed by atoms with Crippen molar-refractivity contribution in [1.82, 2.24) is 19.7 Å². The molecule has 0 spiro atoms. The summed E-state index contributed by atoms with van der Waals surface area (Å²) in [5.41, 5.74) is 12.7. The Bertz CT molecular complexity index is 1330. The van der Waals surface area contributed by atoms with Crippen LogP contribution in [0, 0.1) is 0 Å². The van der Waals surface area contributed by atoms with E-state index in [0.29, 0.717) is 31.3 Å². The third kappa shape index (κ3) is 4.63. The van der Waals surface area contributed by atoms with Crippen molar-refractivity contribution in [3.05, 3.63) is 77.8 Å². The van der Waals surface area contributed by atoms with Gasteiger partial charge in [-0.1, -0.05) is 18.2 Å². The van der Waals surface area contributed by atoms with Gasteiger partial charge in [-0.05, 0) is 79.8 Å². The molecule has 0 radical (unpaired) electrons. The first-order valence-corrected chi connectivity index (χ1v) is 11.8. The molecule has 1 aromatic carbocycles. The highest BCUT2D eigenvalue weighted by molar-refractivity contribution is 5.96. The number of hydrogen-bond acceptors (Lipinski definition) is 6. The molecule has 3 aromatic heterocycles. The number of fused-ring (bicyclic) bond motifs is 1. The van der Waals surface area contributed by atoms with Gasteiger partial charge in [0.1, 0.15) is 0 Å². The van der Waals surface area contributed by atoms with Gasteiger partial charge in [-0.15, -0.1) is 0 Å². The summed E-state index contributed by atoms with van der Waals surface area (Å²) in [4.78, 5) is 9.53. The highest BCUT2D eigenvalue weighted by Gasteiger charge is 2.17. The third-order valence-corrected chi connectivity index (χ3v) is 6.16. The SMILES string of the molecule is NCCCCc1cccc(-c2cc(C3=CCOCC3)c3cnn(-c4cccc(CO)n4)c3c2)n1. The lowest BCUT2D eigenvalue weighted by Crippen LogP contribution is -2.05. The van der Waals surface area contributed by atoms with Crippen molar-refractivity contribution in [3.63, 3.8) is 0 Å². The summed E-state index contributed by atoms with van der Waals surface area (Å²) < 4.78 is 7.40. The zero-order valence-electron chi connectivity index (χ0n) is 19.2. The van der Waals surface area contributed by atoms with E-state index in [1.165, 1.54) is 5.57 Å². The standard InChI is InChI=1S/C27H29N5O2/c28-12-2-1-5-21-6-3-8-25(30-21)20-15-23(19-10-13-34-14-11-19)24-17-29-32(26(24)16-20)27-9-4-7-22(18-33)31-27/h3-4,6-10,15-17,33H,1-2,5,11-14,18,28H2. The molecule has 7 heteroatoms. The number of nitrogens with two attached hydrogens (primary N) is 1. The molecule has 0 atom stereocenters. The number of aromatic nitrogens is 4. The zero-order chi connectivity index (χ0) is 23.3. The molecule has 5 rings (SSSR count). The quantitative estimate of drug-likeness (QED) is 0.389. The monoisotopic (exact) mass is 455 g/mol. The molecule has 34 heavy (non-hydrogen) atoms. The van der Waals surface area contributed by atoms with Crippen LogP contribution in [0.4, 0.5) is 0 Å². The molecular weight excluding hydrogens is 426 g/mol. The predicted molar refractivity (Wildman–Crippen MR) is 133 cm³/mol. The van der Waals surface area contributed by atoms with E-state index >= 15 is 0 Å². The number of nitrogens with zero attached hydrogens (tertiary/aromatic N) is 4. The van der Waals surface area contributed by atoms with Gasteiger partial charge in [0.2, 0.25) is 0 Å². The first-order valence-electron chi connectivity index (χ1n) is 11.8. The first-order chi connectivity index (χ1) is 16.8. The Labute approximate surface area is 198 Å². The summed E-state index contributed by atoms with van der Waals surface area (Å²) in [5, 5.41) is 15.3. The molecule has 3 N–H and O–H groups in total. The van der Waals surface area contributed by atoms with Gasteiger partial charge in [0.05, 0.1) is 42.9 Å². The maximum atomic E-state index is 9.56. The van der Waals surface area contributed by atoms with E-state index in [-0.39, 0.29) is 6.61 Å². The molecule has 0 saturated heterocycles. The van der Waals surface area contributed by atoms with Crippen LogP contribution in [0.1, 0.15) is 36.2 Å². The lowest BCUT2D eigenvalue weighted by molar-refractivity contribution is 0.161. The molecule has 0 unspecified atom stereocenters. The van der Waals surface area contributed by atoms with Crippen molar-refractivity contribution >= 4 is 16.5 Å². The van der Waals surface area contributed by atoms with E-state index in [2.05, 4.69) is 46.5 Å². The minimum atomic E-state index is -0.114. The Morgan fingerprint density at radius 3 is 2.74 bits per heavy atom. The second kappa shape index (κ2) is 10.3. The fourth-order valence-corrected chi connectivity index (χ4v) is 4.40. The highest BCUT2D eigenvalue weighted by atomic mass is 16.5. The Hall–Kier alpha value is -3.39. The molecule has 7 nitrogen and oxygen atoms in total. The number of aliphatic hydroxyl groups excluding tert-OH is 1. The van der Waals surface area contributed by atoms with Gasteiger partial charge in [0.15, 0.2) is 5.82 Å². The molecule has 174 valence electrons. The third-order valence-electron chi connectivity index (χ3n) is 6.16.